The maximum atomic E-state index is 12.7. The summed E-state index contributed by atoms with van der Waals surface area (Å²) in [7, 11) is 0. The van der Waals surface area contributed by atoms with Gasteiger partial charge in [0.25, 0.3) is 0 Å². The van der Waals surface area contributed by atoms with Gasteiger partial charge >= 0.3 is 5.97 Å². The van der Waals surface area contributed by atoms with Gasteiger partial charge in [0.2, 0.25) is 0 Å². The largest absolute Gasteiger partial charge is 0.459 e. The lowest BCUT2D eigenvalue weighted by Crippen LogP contribution is -2.34. The van der Waals surface area contributed by atoms with E-state index in [2.05, 4.69) is 111 Å². The topological polar surface area (TPSA) is 43.3 Å². The molecule has 0 aliphatic heterocycles. The van der Waals surface area contributed by atoms with Crippen LogP contribution in [0.1, 0.15) is 66.0 Å². The molecule has 1 aromatic heterocycles. The molecule has 0 saturated carbocycles. The monoisotopic (exact) mass is 556 g/mol. The number of nitrogens with zero attached hydrogens (tertiary/aromatic N) is 1. The van der Waals surface area contributed by atoms with Crippen LogP contribution < -0.4 is 5.32 Å². The molecule has 0 fully saturated rings. The molecule has 4 heteroatoms. The Balaban J connectivity index is 1.38. The van der Waals surface area contributed by atoms with E-state index in [0.717, 1.165) is 28.9 Å². The van der Waals surface area contributed by atoms with Gasteiger partial charge in [0, 0.05) is 28.8 Å². The van der Waals surface area contributed by atoms with E-state index in [9.17, 15) is 4.79 Å². The number of hydrogen-bond acceptors (Lipinski definition) is 3. The molecular weight excluding hydrogens is 516 g/mol. The summed E-state index contributed by atoms with van der Waals surface area (Å²) in [4.78, 5) is 12.7. The second-order valence-electron chi connectivity index (χ2n) is 11.8. The van der Waals surface area contributed by atoms with Crippen LogP contribution in [0.3, 0.4) is 0 Å². The summed E-state index contributed by atoms with van der Waals surface area (Å²) in [5, 5.41) is 4.88. The lowest BCUT2D eigenvalue weighted by atomic mass is 9.93. The van der Waals surface area contributed by atoms with E-state index in [0.29, 0.717) is 5.56 Å². The third-order valence-corrected chi connectivity index (χ3v) is 8.04. The molecule has 42 heavy (non-hydrogen) atoms. The van der Waals surface area contributed by atoms with Crippen molar-refractivity contribution in [1.82, 2.24) is 9.88 Å². The molecule has 0 saturated heterocycles. The molecule has 0 bridgehead atoms. The molecular formula is C38H40N2O2. The predicted molar refractivity (Wildman–Crippen MR) is 175 cm³/mol. The molecule has 0 radical (unpaired) electrons. The van der Waals surface area contributed by atoms with Crippen molar-refractivity contribution < 1.29 is 9.53 Å². The highest BCUT2D eigenvalue weighted by atomic mass is 16.5. The van der Waals surface area contributed by atoms with Crippen molar-refractivity contribution >= 4 is 22.6 Å². The molecule has 0 amide bonds. The Bertz CT molecular complexity index is 1740. The van der Waals surface area contributed by atoms with Crippen molar-refractivity contribution in [3.05, 3.63) is 137 Å². The maximum absolute atomic E-state index is 12.7. The van der Waals surface area contributed by atoms with Gasteiger partial charge < -0.3 is 14.6 Å². The Kier molecular flexibility index (Phi) is 8.08. The van der Waals surface area contributed by atoms with Crippen molar-refractivity contribution in [1.29, 1.82) is 0 Å². The standard InChI is InChI=1S/C38H40N2O2/c1-25(2)42-37(41)34-16-12-11-15-33(34)30-19-17-29(18-20-30)24-40-28(5)26(3)35-23-31(21-22-36(35)40)27(4)39-38(6,7)32-13-9-8-10-14-32/h8-23,25,39H,4,24H2,1-3,5-7H3. The Labute approximate surface area is 249 Å². The fraction of sp³-hybridized carbons (Fsp3) is 0.237. The fourth-order valence-electron chi connectivity index (χ4n) is 5.58. The lowest BCUT2D eigenvalue weighted by molar-refractivity contribution is 0.0379. The molecule has 0 spiro atoms. The number of nitrogens with one attached hydrogen (secondary N) is 1. The lowest BCUT2D eigenvalue weighted by Gasteiger charge is -2.29. The van der Waals surface area contributed by atoms with Crippen molar-refractivity contribution in [3.63, 3.8) is 0 Å². The fourth-order valence-corrected chi connectivity index (χ4v) is 5.58. The molecule has 1 heterocycles. The number of rotatable bonds is 9. The van der Waals surface area contributed by atoms with Crippen LogP contribution >= 0.6 is 0 Å². The molecule has 4 nitrogen and oxygen atoms in total. The highest BCUT2D eigenvalue weighted by Gasteiger charge is 2.21. The first-order chi connectivity index (χ1) is 20.0. The Hall–Kier alpha value is -4.57. The third-order valence-electron chi connectivity index (χ3n) is 8.04. The summed E-state index contributed by atoms with van der Waals surface area (Å²) in [5.41, 5.74) is 10.3. The zero-order valence-electron chi connectivity index (χ0n) is 25.5. The van der Waals surface area contributed by atoms with Gasteiger partial charge in [0.1, 0.15) is 0 Å². The van der Waals surface area contributed by atoms with Crippen molar-refractivity contribution in [2.45, 2.75) is 59.7 Å². The minimum absolute atomic E-state index is 0.164. The van der Waals surface area contributed by atoms with E-state index < -0.39 is 0 Å². The molecule has 0 aliphatic carbocycles. The zero-order valence-corrected chi connectivity index (χ0v) is 25.5. The Morgan fingerprint density at radius 2 is 1.57 bits per heavy atom. The number of ether oxygens (including phenoxy) is 1. The number of aromatic nitrogens is 1. The normalized spacial score (nSPS) is 11.6. The summed E-state index contributed by atoms with van der Waals surface area (Å²) in [6, 6.07) is 33.2. The van der Waals surface area contributed by atoms with Crippen LogP contribution in [0.25, 0.3) is 27.7 Å². The SMILES string of the molecule is C=C(NC(C)(C)c1ccccc1)c1ccc2c(c1)c(C)c(C)n2Cc1ccc(-c2ccccc2C(=O)OC(C)C)cc1. The number of carbonyl (C=O) groups excluding carboxylic acids is 1. The average molecular weight is 557 g/mol. The minimum atomic E-state index is -0.296. The number of esters is 1. The first kappa shape index (κ1) is 28.9. The molecule has 0 aliphatic rings. The van der Waals surface area contributed by atoms with Crippen LogP contribution in [0, 0.1) is 13.8 Å². The van der Waals surface area contributed by atoms with E-state index >= 15 is 0 Å². The number of hydrogen-bond donors (Lipinski definition) is 1. The highest BCUT2D eigenvalue weighted by molar-refractivity contribution is 5.97. The minimum Gasteiger partial charge on any atom is -0.459 e. The van der Waals surface area contributed by atoms with Crippen LogP contribution in [-0.2, 0) is 16.8 Å². The Morgan fingerprint density at radius 3 is 2.26 bits per heavy atom. The van der Waals surface area contributed by atoms with Gasteiger partial charge in [0.05, 0.1) is 17.2 Å². The van der Waals surface area contributed by atoms with Gasteiger partial charge in [-0.15, -0.1) is 0 Å². The summed E-state index contributed by atoms with van der Waals surface area (Å²) in [6.45, 7) is 17.6. The number of benzene rings is 4. The Morgan fingerprint density at radius 1 is 0.905 bits per heavy atom. The van der Waals surface area contributed by atoms with Crippen molar-refractivity contribution in [3.8, 4) is 11.1 Å². The first-order valence-corrected chi connectivity index (χ1v) is 14.6. The summed E-state index contributed by atoms with van der Waals surface area (Å²) in [5.74, 6) is -0.296. The molecule has 214 valence electrons. The zero-order chi connectivity index (χ0) is 30.0. The molecule has 0 atom stereocenters. The quantitative estimate of drug-likeness (QED) is 0.184. The van der Waals surface area contributed by atoms with Crippen molar-refractivity contribution in [2.75, 3.05) is 0 Å². The number of aryl methyl sites for hydroxylation is 1. The molecule has 4 aromatic carbocycles. The number of fused-ring (bicyclic) bond motifs is 1. The van der Waals surface area contributed by atoms with Gasteiger partial charge in [-0.1, -0.05) is 85.4 Å². The first-order valence-electron chi connectivity index (χ1n) is 14.6. The summed E-state index contributed by atoms with van der Waals surface area (Å²) >= 11 is 0. The van der Waals surface area contributed by atoms with Gasteiger partial charge in [0.15, 0.2) is 0 Å². The molecule has 5 rings (SSSR count). The molecule has 5 aromatic rings. The second kappa shape index (κ2) is 11.7. The summed E-state index contributed by atoms with van der Waals surface area (Å²) in [6.07, 6.45) is -0.164. The van der Waals surface area contributed by atoms with E-state index in [1.807, 2.05) is 44.2 Å². The molecule has 0 unspecified atom stereocenters. The maximum Gasteiger partial charge on any atom is 0.339 e. The predicted octanol–water partition coefficient (Wildman–Crippen LogP) is 9.03. The van der Waals surface area contributed by atoms with Crippen molar-refractivity contribution in [2.24, 2.45) is 0 Å². The van der Waals surface area contributed by atoms with E-state index in [1.54, 1.807) is 0 Å². The van der Waals surface area contributed by atoms with Crippen LogP contribution in [0.2, 0.25) is 0 Å². The summed E-state index contributed by atoms with van der Waals surface area (Å²) < 4.78 is 7.85. The van der Waals surface area contributed by atoms with Crippen LogP contribution in [0.4, 0.5) is 0 Å². The smallest absolute Gasteiger partial charge is 0.339 e. The highest BCUT2D eigenvalue weighted by Crippen LogP contribution is 2.31. The van der Waals surface area contributed by atoms with Gasteiger partial charge in [-0.05, 0) is 93.1 Å². The van der Waals surface area contributed by atoms with Crippen LogP contribution in [0.15, 0.2) is 104 Å². The molecule has 1 N–H and O–H groups in total. The third kappa shape index (κ3) is 5.89. The van der Waals surface area contributed by atoms with E-state index in [1.165, 1.54) is 33.3 Å². The van der Waals surface area contributed by atoms with Gasteiger partial charge in [-0.3, -0.25) is 0 Å². The second-order valence-corrected chi connectivity index (χ2v) is 11.8. The van der Waals surface area contributed by atoms with Crippen LogP contribution in [-0.4, -0.2) is 16.6 Å². The van der Waals surface area contributed by atoms with Gasteiger partial charge in [-0.2, -0.15) is 0 Å². The van der Waals surface area contributed by atoms with E-state index in [-0.39, 0.29) is 17.6 Å². The van der Waals surface area contributed by atoms with Gasteiger partial charge in [-0.25, -0.2) is 4.79 Å². The average Bonchev–Trinajstić information content (AvgIpc) is 3.21. The van der Waals surface area contributed by atoms with Crippen LogP contribution in [0.5, 0.6) is 0 Å². The number of carbonyl (C=O) groups is 1. The van der Waals surface area contributed by atoms with E-state index in [4.69, 9.17) is 4.74 Å².